The lowest BCUT2D eigenvalue weighted by Crippen LogP contribution is -2.51. The summed E-state index contributed by atoms with van der Waals surface area (Å²) >= 11 is 0. The number of carbonyl (C=O) groups is 1. The molecule has 2 atom stereocenters. The maximum absolute atomic E-state index is 12.9. The number of aromatic nitrogens is 1. The van der Waals surface area contributed by atoms with Gasteiger partial charge in [-0.2, -0.15) is 0 Å². The molecule has 0 saturated carbocycles. The largest absolute Gasteiger partial charge is 0.445 e. The quantitative estimate of drug-likeness (QED) is 0.592. The molecule has 1 fully saturated rings. The molecule has 146 valence electrons. The zero-order chi connectivity index (χ0) is 19.6. The van der Waals surface area contributed by atoms with E-state index in [0.717, 1.165) is 42.1 Å². The van der Waals surface area contributed by atoms with Gasteiger partial charge in [0.1, 0.15) is 6.61 Å². The van der Waals surface area contributed by atoms with Gasteiger partial charge in [0, 0.05) is 23.2 Å². The van der Waals surface area contributed by atoms with Crippen molar-refractivity contribution >= 4 is 22.6 Å². The Balaban J connectivity index is 1.40. The Labute approximate surface area is 170 Å². The minimum absolute atomic E-state index is 0.0970. The summed E-state index contributed by atoms with van der Waals surface area (Å²) in [6.45, 7) is 0.319. The molecule has 1 aromatic heterocycles. The number of carbonyl (C=O) groups excluding carboxylic acids is 1. The van der Waals surface area contributed by atoms with Crippen LogP contribution in [-0.2, 0) is 11.3 Å². The van der Waals surface area contributed by atoms with E-state index in [1.54, 1.807) is 0 Å². The number of rotatable bonds is 3. The highest BCUT2D eigenvalue weighted by atomic mass is 16.6. The maximum Gasteiger partial charge on any atom is 0.410 e. The van der Waals surface area contributed by atoms with Crippen LogP contribution < -0.4 is 0 Å². The second-order valence-corrected chi connectivity index (χ2v) is 7.88. The summed E-state index contributed by atoms with van der Waals surface area (Å²) in [4.78, 5) is 19.5. The van der Waals surface area contributed by atoms with E-state index in [1.165, 1.54) is 11.1 Å². The fraction of sp³-hybridized carbons (Fsp3) is 0.280. The van der Waals surface area contributed by atoms with Gasteiger partial charge in [0.2, 0.25) is 0 Å². The van der Waals surface area contributed by atoms with E-state index in [2.05, 4.69) is 35.3 Å². The third-order valence-electron chi connectivity index (χ3n) is 6.03. The second-order valence-electron chi connectivity index (χ2n) is 7.88. The number of hydrogen-bond donors (Lipinski definition) is 0. The SMILES string of the molecule is O=C(OCc1ccccc1)N1C2C=C(c3cccc4cccnc34)CC1CCC2. The van der Waals surface area contributed by atoms with Gasteiger partial charge in [-0.3, -0.25) is 9.88 Å². The van der Waals surface area contributed by atoms with Gasteiger partial charge in [-0.15, -0.1) is 0 Å². The van der Waals surface area contributed by atoms with Crippen molar-refractivity contribution in [2.45, 2.75) is 44.4 Å². The van der Waals surface area contributed by atoms with Gasteiger partial charge in [-0.25, -0.2) is 4.79 Å². The topological polar surface area (TPSA) is 42.4 Å². The second kappa shape index (κ2) is 7.70. The molecule has 2 aliphatic heterocycles. The molecule has 2 unspecified atom stereocenters. The minimum atomic E-state index is -0.199. The average molecular weight is 384 g/mol. The Bertz CT molecular complexity index is 1060. The molecule has 0 aliphatic carbocycles. The number of pyridine rings is 1. The lowest BCUT2D eigenvalue weighted by atomic mass is 9.82. The lowest BCUT2D eigenvalue weighted by molar-refractivity contribution is 0.0510. The fourth-order valence-corrected chi connectivity index (χ4v) is 4.67. The van der Waals surface area contributed by atoms with Gasteiger partial charge < -0.3 is 4.74 Å². The van der Waals surface area contributed by atoms with Gasteiger partial charge in [-0.05, 0) is 42.9 Å². The lowest BCUT2D eigenvalue weighted by Gasteiger charge is -2.44. The first-order chi connectivity index (χ1) is 14.3. The van der Waals surface area contributed by atoms with E-state index in [4.69, 9.17) is 4.74 Å². The molecule has 1 amide bonds. The van der Waals surface area contributed by atoms with Crippen LogP contribution in [0, 0.1) is 0 Å². The van der Waals surface area contributed by atoms with Crippen LogP contribution in [0.2, 0.25) is 0 Å². The molecule has 2 aliphatic rings. The maximum atomic E-state index is 12.9. The van der Waals surface area contributed by atoms with E-state index in [9.17, 15) is 4.79 Å². The van der Waals surface area contributed by atoms with Crippen molar-refractivity contribution in [2.24, 2.45) is 0 Å². The molecule has 3 heterocycles. The Kier molecular flexibility index (Phi) is 4.76. The summed E-state index contributed by atoms with van der Waals surface area (Å²) in [5.41, 5.74) is 4.55. The number of nitrogens with zero attached hydrogens (tertiary/aromatic N) is 2. The number of hydrogen-bond acceptors (Lipinski definition) is 3. The number of ether oxygens (including phenoxy) is 1. The zero-order valence-corrected chi connectivity index (χ0v) is 16.3. The Morgan fingerprint density at radius 1 is 1.03 bits per heavy atom. The first-order valence-electron chi connectivity index (χ1n) is 10.3. The Morgan fingerprint density at radius 3 is 2.76 bits per heavy atom. The Hall–Kier alpha value is -3.14. The summed E-state index contributed by atoms with van der Waals surface area (Å²) in [6, 6.07) is 20.6. The predicted octanol–water partition coefficient (Wildman–Crippen LogP) is 5.58. The van der Waals surface area contributed by atoms with Crippen molar-refractivity contribution in [1.29, 1.82) is 0 Å². The number of piperidine rings is 1. The van der Waals surface area contributed by atoms with Crippen LogP contribution in [0.1, 0.15) is 36.8 Å². The molecule has 5 rings (SSSR count). The fourth-order valence-electron chi connectivity index (χ4n) is 4.67. The normalized spacial score (nSPS) is 21.0. The van der Waals surface area contributed by atoms with Crippen molar-refractivity contribution in [3.05, 3.63) is 84.1 Å². The first-order valence-corrected chi connectivity index (χ1v) is 10.3. The molecule has 4 nitrogen and oxygen atoms in total. The van der Waals surface area contributed by atoms with E-state index < -0.39 is 0 Å². The molecular formula is C25H24N2O2. The van der Waals surface area contributed by atoms with Crippen LogP contribution in [0.5, 0.6) is 0 Å². The molecule has 2 bridgehead atoms. The average Bonchev–Trinajstić information content (AvgIpc) is 2.77. The van der Waals surface area contributed by atoms with Gasteiger partial charge >= 0.3 is 6.09 Å². The van der Waals surface area contributed by atoms with E-state index >= 15 is 0 Å². The van der Waals surface area contributed by atoms with Crippen LogP contribution >= 0.6 is 0 Å². The van der Waals surface area contributed by atoms with E-state index in [0.29, 0.717) is 6.61 Å². The zero-order valence-electron chi connectivity index (χ0n) is 16.3. The summed E-state index contributed by atoms with van der Waals surface area (Å²) in [5.74, 6) is 0. The smallest absolute Gasteiger partial charge is 0.410 e. The van der Waals surface area contributed by atoms with Crippen LogP contribution in [0.25, 0.3) is 16.5 Å². The number of amides is 1. The molecule has 0 spiro atoms. The Morgan fingerprint density at radius 2 is 1.90 bits per heavy atom. The highest BCUT2D eigenvalue weighted by molar-refractivity contribution is 5.91. The van der Waals surface area contributed by atoms with Crippen molar-refractivity contribution in [3.8, 4) is 0 Å². The van der Waals surface area contributed by atoms with Crippen LogP contribution in [0.15, 0.2) is 72.9 Å². The van der Waals surface area contributed by atoms with Crippen molar-refractivity contribution < 1.29 is 9.53 Å². The third kappa shape index (κ3) is 3.51. The highest BCUT2D eigenvalue weighted by Crippen LogP contribution is 2.39. The molecule has 1 saturated heterocycles. The van der Waals surface area contributed by atoms with Gasteiger partial charge in [0.25, 0.3) is 0 Å². The molecule has 4 heteroatoms. The molecule has 3 aromatic rings. The minimum Gasteiger partial charge on any atom is -0.445 e. The highest BCUT2D eigenvalue weighted by Gasteiger charge is 2.38. The molecular weight excluding hydrogens is 360 g/mol. The monoisotopic (exact) mass is 384 g/mol. The van der Waals surface area contributed by atoms with Gasteiger partial charge in [-0.1, -0.05) is 60.7 Å². The van der Waals surface area contributed by atoms with Gasteiger partial charge in [0.05, 0.1) is 11.6 Å². The number of fused-ring (bicyclic) bond motifs is 3. The summed E-state index contributed by atoms with van der Waals surface area (Å²) in [5, 5.41) is 1.15. The number of benzene rings is 2. The van der Waals surface area contributed by atoms with Crippen LogP contribution in [0.4, 0.5) is 4.79 Å². The van der Waals surface area contributed by atoms with Crippen LogP contribution in [-0.4, -0.2) is 28.1 Å². The summed E-state index contributed by atoms with van der Waals surface area (Å²) in [6.07, 6.45) is 7.93. The predicted molar refractivity (Wildman–Crippen MR) is 114 cm³/mol. The van der Waals surface area contributed by atoms with Crippen molar-refractivity contribution in [2.75, 3.05) is 0 Å². The summed E-state index contributed by atoms with van der Waals surface area (Å²) in [7, 11) is 0. The standard InChI is InChI=1S/C25H24N2O2/c28-25(29-17-18-7-2-1-3-8-18)27-21-11-5-12-22(27)16-20(15-21)23-13-4-9-19-10-6-14-26-24(19)23/h1-4,6-10,13-15,21-22H,5,11-12,16-17H2. The summed E-state index contributed by atoms with van der Waals surface area (Å²) < 4.78 is 5.66. The molecule has 0 radical (unpaired) electrons. The third-order valence-corrected chi connectivity index (χ3v) is 6.03. The van der Waals surface area contributed by atoms with Crippen molar-refractivity contribution in [1.82, 2.24) is 9.88 Å². The molecule has 0 N–H and O–H groups in total. The molecule has 2 aromatic carbocycles. The van der Waals surface area contributed by atoms with E-state index in [-0.39, 0.29) is 18.2 Å². The number of para-hydroxylation sites is 1. The van der Waals surface area contributed by atoms with Crippen LogP contribution in [0.3, 0.4) is 0 Å². The van der Waals surface area contributed by atoms with Gasteiger partial charge in [0.15, 0.2) is 0 Å². The molecule has 29 heavy (non-hydrogen) atoms. The van der Waals surface area contributed by atoms with E-state index in [1.807, 2.05) is 47.5 Å². The first kappa shape index (κ1) is 17.9. The van der Waals surface area contributed by atoms with Crippen molar-refractivity contribution in [3.63, 3.8) is 0 Å².